The Morgan fingerprint density at radius 1 is 1.13 bits per heavy atom. The molecule has 0 saturated carbocycles. The first-order chi connectivity index (χ1) is 14.3. The number of halogens is 1. The third-order valence-electron chi connectivity index (χ3n) is 4.62. The van der Waals surface area contributed by atoms with Crippen LogP contribution < -0.4 is 16.4 Å². The lowest BCUT2D eigenvalue weighted by molar-refractivity contribution is -0.116. The molecule has 0 radical (unpaired) electrons. The van der Waals surface area contributed by atoms with Crippen LogP contribution in [-0.2, 0) is 17.9 Å². The number of hydrogen-bond donors (Lipinski definition) is 3. The van der Waals surface area contributed by atoms with Crippen molar-refractivity contribution in [1.29, 1.82) is 0 Å². The molecule has 1 heterocycles. The molecule has 156 valence electrons. The Labute approximate surface area is 179 Å². The Kier molecular flexibility index (Phi) is 6.37. The third kappa shape index (κ3) is 4.77. The van der Waals surface area contributed by atoms with E-state index in [1.807, 2.05) is 51.1 Å². The smallest absolute Gasteiger partial charge is 0.275 e. The molecule has 0 saturated heterocycles. The average Bonchev–Trinajstić information content (AvgIpc) is 3.04. The number of nitrogen functional groups attached to an aromatic ring is 1. The first kappa shape index (κ1) is 21.3. The van der Waals surface area contributed by atoms with Gasteiger partial charge in [0.2, 0.25) is 5.91 Å². The highest BCUT2D eigenvalue weighted by atomic mass is 35.5. The molecule has 0 atom stereocenters. The predicted octanol–water partition coefficient (Wildman–Crippen LogP) is 3.01. The minimum atomic E-state index is -0.496. The quantitative estimate of drug-likeness (QED) is 0.560. The second-order valence-corrected chi connectivity index (χ2v) is 7.48. The van der Waals surface area contributed by atoms with Crippen molar-refractivity contribution in [2.45, 2.75) is 33.9 Å². The predicted molar refractivity (Wildman–Crippen MR) is 116 cm³/mol. The van der Waals surface area contributed by atoms with Gasteiger partial charge in [-0.3, -0.25) is 9.59 Å². The van der Waals surface area contributed by atoms with Crippen LogP contribution in [0.25, 0.3) is 0 Å². The molecule has 0 aliphatic carbocycles. The second-order valence-electron chi connectivity index (χ2n) is 7.08. The van der Waals surface area contributed by atoms with Crippen LogP contribution in [0.5, 0.6) is 0 Å². The van der Waals surface area contributed by atoms with Gasteiger partial charge in [0, 0.05) is 17.3 Å². The van der Waals surface area contributed by atoms with E-state index in [4.69, 9.17) is 17.3 Å². The zero-order valence-electron chi connectivity index (χ0n) is 17.0. The maximum atomic E-state index is 12.5. The fraction of sp³-hybridized carbons (Fsp3) is 0.238. The molecule has 2 amide bonds. The summed E-state index contributed by atoms with van der Waals surface area (Å²) < 4.78 is 1.19. The summed E-state index contributed by atoms with van der Waals surface area (Å²) in [4.78, 5) is 24.9. The zero-order valence-corrected chi connectivity index (χ0v) is 17.7. The normalized spacial score (nSPS) is 10.7. The van der Waals surface area contributed by atoms with E-state index in [0.717, 1.165) is 27.9 Å². The molecule has 0 fully saturated rings. The average molecular weight is 427 g/mol. The Bertz CT molecular complexity index is 1090. The minimum Gasteiger partial charge on any atom is -0.382 e. The van der Waals surface area contributed by atoms with E-state index in [1.54, 1.807) is 6.07 Å². The highest BCUT2D eigenvalue weighted by Crippen LogP contribution is 2.22. The van der Waals surface area contributed by atoms with E-state index in [2.05, 4.69) is 20.9 Å². The summed E-state index contributed by atoms with van der Waals surface area (Å²) in [7, 11) is 0. The topological polar surface area (TPSA) is 115 Å². The number of carbonyl (C=O) groups excluding carboxylic acids is 2. The standard InChI is InChI=1S/C21H23ClN6O2/c1-12-8-13(2)18(14(3)9-12)25-17(29)11-28-20(23)19(26-27-28)21(30)24-10-15-6-4-5-7-16(15)22/h4-9H,10-11,23H2,1-3H3,(H,24,30)(H,25,29). The van der Waals surface area contributed by atoms with E-state index in [-0.39, 0.29) is 30.5 Å². The molecule has 3 aromatic rings. The molecular formula is C21H23ClN6O2. The summed E-state index contributed by atoms with van der Waals surface area (Å²) in [5.41, 5.74) is 10.5. The summed E-state index contributed by atoms with van der Waals surface area (Å²) in [6, 6.07) is 11.2. The molecule has 0 aliphatic heterocycles. The van der Waals surface area contributed by atoms with Gasteiger partial charge in [0.1, 0.15) is 6.54 Å². The number of nitrogens with one attached hydrogen (secondary N) is 2. The second kappa shape index (κ2) is 8.96. The van der Waals surface area contributed by atoms with E-state index in [1.165, 1.54) is 4.68 Å². The molecule has 30 heavy (non-hydrogen) atoms. The monoisotopic (exact) mass is 426 g/mol. The molecule has 0 unspecified atom stereocenters. The fourth-order valence-corrected chi connectivity index (χ4v) is 3.39. The van der Waals surface area contributed by atoms with Gasteiger partial charge < -0.3 is 16.4 Å². The molecule has 9 heteroatoms. The van der Waals surface area contributed by atoms with Gasteiger partial charge in [0.25, 0.3) is 5.91 Å². The van der Waals surface area contributed by atoms with Crippen LogP contribution in [0.3, 0.4) is 0 Å². The lowest BCUT2D eigenvalue weighted by atomic mass is 10.1. The Hall–Kier alpha value is -3.39. The van der Waals surface area contributed by atoms with Crippen LogP contribution in [0.1, 0.15) is 32.7 Å². The number of benzene rings is 2. The molecule has 1 aromatic heterocycles. The molecule has 4 N–H and O–H groups in total. The summed E-state index contributed by atoms with van der Waals surface area (Å²) in [6.07, 6.45) is 0. The largest absolute Gasteiger partial charge is 0.382 e. The molecule has 3 rings (SSSR count). The lowest BCUT2D eigenvalue weighted by Gasteiger charge is -2.13. The number of nitrogens with zero attached hydrogens (tertiary/aromatic N) is 3. The fourth-order valence-electron chi connectivity index (χ4n) is 3.19. The van der Waals surface area contributed by atoms with Crippen molar-refractivity contribution in [1.82, 2.24) is 20.3 Å². The van der Waals surface area contributed by atoms with Gasteiger partial charge in [-0.1, -0.05) is 52.7 Å². The summed E-state index contributed by atoms with van der Waals surface area (Å²) in [6.45, 7) is 5.92. The Morgan fingerprint density at radius 3 is 2.47 bits per heavy atom. The highest BCUT2D eigenvalue weighted by Gasteiger charge is 2.19. The first-order valence-corrected chi connectivity index (χ1v) is 9.72. The maximum absolute atomic E-state index is 12.5. The molecule has 0 bridgehead atoms. The van der Waals surface area contributed by atoms with Crippen LogP contribution in [0.2, 0.25) is 5.02 Å². The lowest BCUT2D eigenvalue weighted by Crippen LogP contribution is -2.25. The number of hydrogen-bond acceptors (Lipinski definition) is 5. The van der Waals surface area contributed by atoms with Crippen molar-refractivity contribution in [3.8, 4) is 0 Å². The van der Waals surface area contributed by atoms with E-state index in [0.29, 0.717) is 5.02 Å². The van der Waals surface area contributed by atoms with Gasteiger partial charge in [-0.05, 0) is 43.5 Å². The van der Waals surface area contributed by atoms with E-state index >= 15 is 0 Å². The SMILES string of the molecule is Cc1cc(C)c(NC(=O)Cn2nnc(C(=O)NCc3ccccc3Cl)c2N)c(C)c1. The van der Waals surface area contributed by atoms with Crippen LogP contribution in [0.15, 0.2) is 36.4 Å². The molecule has 8 nitrogen and oxygen atoms in total. The number of nitrogens with two attached hydrogens (primary N) is 1. The van der Waals surface area contributed by atoms with Gasteiger partial charge >= 0.3 is 0 Å². The van der Waals surface area contributed by atoms with Crippen molar-refractivity contribution in [2.24, 2.45) is 0 Å². The van der Waals surface area contributed by atoms with Crippen LogP contribution >= 0.6 is 11.6 Å². The van der Waals surface area contributed by atoms with Gasteiger partial charge in [-0.15, -0.1) is 5.10 Å². The molecular weight excluding hydrogens is 404 g/mol. The number of aromatic nitrogens is 3. The van der Waals surface area contributed by atoms with Crippen LogP contribution in [0, 0.1) is 20.8 Å². The van der Waals surface area contributed by atoms with Crippen molar-refractivity contribution < 1.29 is 9.59 Å². The first-order valence-electron chi connectivity index (χ1n) is 9.34. The molecule has 0 aliphatic rings. The number of aryl methyl sites for hydroxylation is 3. The van der Waals surface area contributed by atoms with E-state index in [9.17, 15) is 9.59 Å². The van der Waals surface area contributed by atoms with Crippen LogP contribution in [0.4, 0.5) is 11.5 Å². The van der Waals surface area contributed by atoms with Crippen molar-refractivity contribution in [2.75, 3.05) is 11.1 Å². The summed E-state index contributed by atoms with van der Waals surface area (Å²) in [5, 5.41) is 13.8. The number of rotatable bonds is 6. The van der Waals surface area contributed by atoms with Gasteiger partial charge in [0.15, 0.2) is 11.5 Å². The van der Waals surface area contributed by atoms with Gasteiger partial charge in [-0.25, -0.2) is 4.68 Å². The Balaban J connectivity index is 1.65. The molecule has 0 spiro atoms. The van der Waals surface area contributed by atoms with Gasteiger partial charge in [0.05, 0.1) is 0 Å². The summed E-state index contributed by atoms with van der Waals surface area (Å²) in [5.74, 6) is -0.798. The zero-order chi connectivity index (χ0) is 21.8. The molecule has 2 aromatic carbocycles. The third-order valence-corrected chi connectivity index (χ3v) is 4.99. The van der Waals surface area contributed by atoms with E-state index < -0.39 is 5.91 Å². The van der Waals surface area contributed by atoms with Crippen molar-refractivity contribution >= 4 is 34.9 Å². The number of carbonyl (C=O) groups is 2. The van der Waals surface area contributed by atoms with Gasteiger partial charge in [-0.2, -0.15) is 0 Å². The van der Waals surface area contributed by atoms with Crippen molar-refractivity contribution in [3.05, 3.63) is 69.4 Å². The van der Waals surface area contributed by atoms with Crippen molar-refractivity contribution in [3.63, 3.8) is 0 Å². The summed E-state index contributed by atoms with van der Waals surface area (Å²) >= 11 is 6.09. The number of anilines is 2. The van der Waals surface area contributed by atoms with Crippen LogP contribution in [-0.4, -0.2) is 26.8 Å². The highest BCUT2D eigenvalue weighted by molar-refractivity contribution is 6.31. The maximum Gasteiger partial charge on any atom is 0.275 e. The minimum absolute atomic E-state index is 0.0131. The number of amides is 2. The Morgan fingerprint density at radius 2 is 1.80 bits per heavy atom.